The zero-order valence-corrected chi connectivity index (χ0v) is 11.0. The number of hydrogen-bond acceptors (Lipinski definition) is 2. The van der Waals surface area contributed by atoms with E-state index in [2.05, 4.69) is 26.3 Å². The van der Waals surface area contributed by atoms with Crippen molar-refractivity contribution in [3.05, 3.63) is 46.4 Å². The highest BCUT2D eigenvalue weighted by atomic mass is 79.9. The van der Waals surface area contributed by atoms with Crippen LogP contribution in [0, 0.1) is 5.82 Å². The normalized spacial score (nSPS) is 10.5. The summed E-state index contributed by atoms with van der Waals surface area (Å²) in [6, 6.07) is 4.99. The average Bonchev–Trinajstić information content (AvgIpc) is 2.79. The summed E-state index contributed by atoms with van der Waals surface area (Å²) in [6.07, 6.45) is 3.72. The lowest BCUT2D eigenvalue weighted by atomic mass is 10.2. The van der Waals surface area contributed by atoms with E-state index in [4.69, 9.17) is 0 Å². The molecule has 0 spiro atoms. The Hall–Kier alpha value is -1.36. The first kappa shape index (κ1) is 12.1. The average molecular weight is 298 g/mol. The van der Waals surface area contributed by atoms with Crippen LogP contribution in [0.5, 0.6) is 0 Å². The Labute approximate surface area is 108 Å². The minimum atomic E-state index is -0.243. The van der Waals surface area contributed by atoms with Crippen LogP contribution in [0.1, 0.15) is 12.5 Å². The minimum Gasteiger partial charge on any atom is -0.378 e. The molecule has 0 aliphatic heterocycles. The topological polar surface area (TPSA) is 29.9 Å². The maximum Gasteiger partial charge on any atom is 0.137 e. The smallest absolute Gasteiger partial charge is 0.137 e. The number of nitrogens with one attached hydrogen (secondary N) is 1. The maximum atomic E-state index is 13.0. The Morgan fingerprint density at radius 3 is 2.94 bits per heavy atom. The number of hydrogen-bond donors (Lipinski definition) is 1. The van der Waals surface area contributed by atoms with E-state index in [0.29, 0.717) is 11.0 Å². The highest BCUT2D eigenvalue weighted by Gasteiger charge is 2.01. The maximum absolute atomic E-state index is 13.0. The Bertz CT molecular complexity index is 510. The zero-order chi connectivity index (χ0) is 12.3. The molecule has 0 unspecified atom stereocenters. The summed E-state index contributed by atoms with van der Waals surface area (Å²) in [4.78, 5) is 0. The molecule has 0 aliphatic carbocycles. The number of benzene rings is 1. The number of aryl methyl sites for hydroxylation is 1. The molecule has 5 heteroatoms. The summed E-state index contributed by atoms with van der Waals surface area (Å²) in [5.74, 6) is -0.243. The van der Waals surface area contributed by atoms with Gasteiger partial charge in [0, 0.05) is 19.3 Å². The SMILES string of the molecule is CCn1cc(NCc2ccc(F)c(Br)c2)cn1. The summed E-state index contributed by atoms with van der Waals surface area (Å²) in [7, 11) is 0. The largest absolute Gasteiger partial charge is 0.378 e. The minimum absolute atomic E-state index is 0.243. The van der Waals surface area contributed by atoms with Gasteiger partial charge < -0.3 is 5.32 Å². The van der Waals surface area contributed by atoms with Crippen molar-refractivity contribution in [3.8, 4) is 0 Å². The van der Waals surface area contributed by atoms with Crippen molar-refractivity contribution in [2.75, 3.05) is 5.32 Å². The van der Waals surface area contributed by atoms with Crippen LogP contribution in [0.4, 0.5) is 10.1 Å². The standard InChI is InChI=1S/C12H13BrFN3/c1-2-17-8-10(7-16-17)15-6-9-3-4-12(14)11(13)5-9/h3-5,7-8,15H,2,6H2,1H3. The third-order valence-electron chi connectivity index (χ3n) is 2.44. The number of rotatable bonds is 4. The second kappa shape index (κ2) is 5.31. The van der Waals surface area contributed by atoms with E-state index >= 15 is 0 Å². The van der Waals surface area contributed by atoms with Gasteiger partial charge in [-0.2, -0.15) is 5.10 Å². The molecule has 2 aromatic rings. The first-order chi connectivity index (χ1) is 8.19. The first-order valence-electron chi connectivity index (χ1n) is 5.39. The Balaban J connectivity index is 1.99. The molecule has 2 rings (SSSR count). The van der Waals surface area contributed by atoms with Crippen LogP contribution in [0.15, 0.2) is 35.1 Å². The van der Waals surface area contributed by atoms with Crippen LogP contribution < -0.4 is 5.32 Å². The summed E-state index contributed by atoms with van der Waals surface area (Å²) in [5.41, 5.74) is 1.98. The number of nitrogens with zero attached hydrogens (tertiary/aromatic N) is 2. The van der Waals surface area contributed by atoms with Gasteiger partial charge in [0.25, 0.3) is 0 Å². The molecule has 0 saturated carbocycles. The van der Waals surface area contributed by atoms with Gasteiger partial charge in [0.05, 0.1) is 16.4 Å². The van der Waals surface area contributed by atoms with Crippen LogP contribution in [-0.4, -0.2) is 9.78 Å². The van der Waals surface area contributed by atoms with Crippen molar-refractivity contribution in [2.24, 2.45) is 0 Å². The summed E-state index contributed by atoms with van der Waals surface area (Å²) in [5, 5.41) is 7.40. The molecular formula is C12H13BrFN3. The molecule has 1 heterocycles. The van der Waals surface area contributed by atoms with Gasteiger partial charge >= 0.3 is 0 Å². The predicted octanol–water partition coefficient (Wildman–Crippen LogP) is 3.42. The van der Waals surface area contributed by atoms with E-state index in [1.165, 1.54) is 6.07 Å². The Morgan fingerprint density at radius 2 is 2.29 bits per heavy atom. The van der Waals surface area contributed by atoms with Gasteiger partial charge in [0.15, 0.2) is 0 Å². The van der Waals surface area contributed by atoms with Gasteiger partial charge in [0.1, 0.15) is 5.82 Å². The van der Waals surface area contributed by atoms with Crippen LogP contribution in [0.3, 0.4) is 0 Å². The molecule has 90 valence electrons. The van der Waals surface area contributed by atoms with Crippen LogP contribution in [0.2, 0.25) is 0 Å². The Kier molecular flexibility index (Phi) is 3.78. The number of halogens is 2. The third kappa shape index (κ3) is 3.06. The van der Waals surface area contributed by atoms with Crippen molar-refractivity contribution in [3.63, 3.8) is 0 Å². The molecule has 0 amide bonds. The molecule has 0 radical (unpaired) electrons. The van der Waals surface area contributed by atoms with Gasteiger partial charge in [-0.1, -0.05) is 6.07 Å². The van der Waals surface area contributed by atoms with E-state index in [1.807, 2.05) is 17.8 Å². The van der Waals surface area contributed by atoms with Crippen molar-refractivity contribution in [2.45, 2.75) is 20.0 Å². The van der Waals surface area contributed by atoms with Crippen molar-refractivity contribution in [1.82, 2.24) is 9.78 Å². The highest BCUT2D eigenvalue weighted by molar-refractivity contribution is 9.10. The van der Waals surface area contributed by atoms with Gasteiger partial charge in [-0.25, -0.2) is 4.39 Å². The fraction of sp³-hybridized carbons (Fsp3) is 0.250. The van der Waals surface area contributed by atoms with Gasteiger partial charge in [-0.05, 0) is 40.5 Å². The summed E-state index contributed by atoms with van der Waals surface area (Å²) < 4.78 is 15.4. The van der Waals surface area contributed by atoms with Crippen molar-refractivity contribution in [1.29, 1.82) is 0 Å². The number of aromatic nitrogens is 2. The fourth-order valence-electron chi connectivity index (χ4n) is 1.48. The van der Waals surface area contributed by atoms with Gasteiger partial charge in [-0.3, -0.25) is 4.68 Å². The monoisotopic (exact) mass is 297 g/mol. The molecule has 0 aliphatic rings. The lowest BCUT2D eigenvalue weighted by Gasteiger charge is -2.04. The van der Waals surface area contributed by atoms with E-state index in [9.17, 15) is 4.39 Å². The van der Waals surface area contributed by atoms with E-state index in [0.717, 1.165) is 17.8 Å². The molecule has 0 atom stereocenters. The third-order valence-corrected chi connectivity index (χ3v) is 3.05. The van der Waals surface area contributed by atoms with Crippen molar-refractivity contribution >= 4 is 21.6 Å². The molecule has 17 heavy (non-hydrogen) atoms. The zero-order valence-electron chi connectivity index (χ0n) is 9.45. The molecule has 1 aromatic carbocycles. The van der Waals surface area contributed by atoms with E-state index in [1.54, 1.807) is 18.3 Å². The summed E-state index contributed by atoms with van der Waals surface area (Å²) >= 11 is 3.17. The lowest BCUT2D eigenvalue weighted by molar-refractivity contribution is 0.620. The van der Waals surface area contributed by atoms with E-state index < -0.39 is 0 Å². The van der Waals surface area contributed by atoms with Gasteiger partial charge in [-0.15, -0.1) is 0 Å². The number of anilines is 1. The molecular weight excluding hydrogens is 285 g/mol. The second-order valence-corrected chi connectivity index (χ2v) is 4.54. The molecule has 1 aromatic heterocycles. The lowest BCUT2D eigenvalue weighted by Crippen LogP contribution is -1.99. The molecule has 0 bridgehead atoms. The summed E-state index contributed by atoms with van der Waals surface area (Å²) in [6.45, 7) is 3.53. The van der Waals surface area contributed by atoms with Crippen LogP contribution in [0.25, 0.3) is 0 Å². The molecule has 0 fully saturated rings. The highest BCUT2D eigenvalue weighted by Crippen LogP contribution is 2.17. The van der Waals surface area contributed by atoms with E-state index in [-0.39, 0.29) is 5.82 Å². The molecule has 0 saturated heterocycles. The predicted molar refractivity (Wildman–Crippen MR) is 69.3 cm³/mol. The fourth-order valence-corrected chi connectivity index (χ4v) is 1.91. The van der Waals surface area contributed by atoms with Gasteiger partial charge in [0.2, 0.25) is 0 Å². The first-order valence-corrected chi connectivity index (χ1v) is 6.18. The molecule has 1 N–H and O–H groups in total. The van der Waals surface area contributed by atoms with Crippen LogP contribution >= 0.6 is 15.9 Å². The molecule has 3 nitrogen and oxygen atoms in total. The Morgan fingerprint density at radius 1 is 1.47 bits per heavy atom. The quantitative estimate of drug-likeness (QED) is 0.937. The second-order valence-electron chi connectivity index (χ2n) is 3.69. The van der Waals surface area contributed by atoms with Crippen LogP contribution in [-0.2, 0) is 13.1 Å². The van der Waals surface area contributed by atoms with Crippen molar-refractivity contribution < 1.29 is 4.39 Å².